The third-order valence-electron chi connectivity index (χ3n) is 1.56. The minimum absolute atomic E-state index is 0.787. The quantitative estimate of drug-likeness (QED) is 0.440. The summed E-state index contributed by atoms with van der Waals surface area (Å²) >= 11 is 0. The van der Waals surface area contributed by atoms with Gasteiger partial charge in [0.25, 0.3) is 6.20 Å². The van der Waals surface area contributed by atoms with Gasteiger partial charge in [0.05, 0.1) is 10.6 Å². The summed E-state index contributed by atoms with van der Waals surface area (Å²) in [6.45, 7) is 0. The van der Waals surface area contributed by atoms with Crippen LogP contribution >= 0.6 is 0 Å². The minimum Gasteiger partial charge on any atom is -0.313 e. The van der Waals surface area contributed by atoms with E-state index in [9.17, 15) is 4.91 Å². The molecule has 0 fully saturated rings. The van der Waals surface area contributed by atoms with Gasteiger partial charge in [0, 0.05) is 11.1 Å². The van der Waals surface area contributed by atoms with Crippen LogP contribution in [-0.2, 0) is 0 Å². The Labute approximate surface area is 91.8 Å². The molecule has 0 amide bonds. The standard InChI is InChI=1S/C8H7N2O.ClHO4/c11-10-6-5-9-4-2-1-3-8(9)7-10;2-1(3,4)5/h1-7H;(H,2,3,4,5)/q+1;/p-1. The van der Waals surface area contributed by atoms with Crippen LogP contribution in [0, 0.1) is 15.2 Å². The van der Waals surface area contributed by atoms with Gasteiger partial charge in [0.15, 0.2) is 0 Å². The van der Waals surface area contributed by atoms with Gasteiger partial charge in [0.1, 0.15) is 5.52 Å². The Kier molecular flexibility index (Phi) is 3.93. The van der Waals surface area contributed by atoms with Gasteiger partial charge in [-0.3, -0.25) is 0 Å². The highest BCUT2D eigenvalue weighted by Gasteiger charge is 1.94. The first kappa shape index (κ1) is 12.6. The molecule has 0 N–H and O–H groups in total. The fourth-order valence-corrected chi connectivity index (χ4v) is 1.03. The van der Waals surface area contributed by atoms with Crippen LogP contribution < -0.4 is 23.1 Å². The summed E-state index contributed by atoms with van der Waals surface area (Å²) < 4.78 is 36.6. The van der Waals surface area contributed by atoms with E-state index in [2.05, 4.69) is 0 Å². The van der Waals surface area contributed by atoms with Gasteiger partial charge in [-0.2, -0.15) is 0 Å². The van der Waals surface area contributed by atoms with Crippen molar-refractivity contribution < 1.29 is 33.3 Å². The van der Waals surface area contributed by atoms with Crippen molar-refractivity contribution in [2.24, 2.45) is 0 Å². The number of pyridine rings is 1. The first-order chi connectivity index (χ1) is 7.36. The molecule has 8 heteroatoms. The second kappa shape index (κ2) is 5.01. The maximum Gasteiger partial charge on any atom is 0.251 e. The van der Waals surface area contributed by atoms with E-state index in [0.717, 1.165) is 9.94 Å². The predicted octanol–water partition coefficient (Wildman–Crippen LogP) is -3.90. The summed E-state index contributed by atoms with van der Waals surface area (Å²) in [5.41, 5.74) is 0.894. The fourth-order valence-electron chi connectivity index (χ4n) is 1.03. The smallest absolute Gasteiger partial charge is 0.251 e. The molecule has 0 unspecified atom stereocenters. The van der Waals surface area contributed by atoms with Gasteiger partial charge in [-0.15, -0.1) is 10.2 Å². The Morgan fingerprint density at radius 1 is 1.12 bits per heavy atom. The van der Waals surface area contributed by atoms with Crippen molar-refractivity contribution in [1.82, 2.24) is 4.40 Å². The Balaban J connectivity index is 0.000000221. The lowest BCUT2D eigenvalue weighted by atomic mass is 10.4. The predicted molar refractivity (Wildman–Crippen MR) is 40.8 cm³/mol. The van der Waals surface area contributed by atoms with E-state index in [0.29, 0.717) is 0 Å². The van der Waals surface area contributed by atoms with Crippen molar-refractivity contribution in [2.45, 2.75) is 0 Å². The SMILES string of the molecule is O=[n+]1ccn2ccccc2c1.[O-][Cl+3]([O-])([O-])[O-]. The van der Waals surface area contributed by atoms with Crippen molar-refractivity contribution in [3.8, 4) is 0 Å². The highest BCUT2D eigenvalue weighted by atomic mass is 35.7. The molecule has 2 aromatic heterocycles. The number of rotatable bonds is 0. The third kappa shape index (κ3) is 4.82. The van der Waals surface area contributed by atoms with Crippen LogP contribution in [0.2, 0.25) is 0 Å². The molecule has 86 valence electrons. The molecule has 0 aliphatic rings. The molecule has 16 heavy (non-hydrogen) atoms. The maximum atomic E-state index is 10.8. The van der Waals surface area contributed by atoms with Crippen LogP contribution in [0.25, 0.3) is 5.52 Å². The molecule has 0 spiro atoms. The Bertz CT molecular complexity index is 515. The molecule has 0 atom stereocenters. The number of hydrogen-bond donors (Lipinski definition) is 0. The topological polar surface area (TPSA) is 120 Å². The molecule has 0 aliphatic heterocycles. The third-order valence-corrected chi connectivity index (χ3v) is 1.56. The van der Waals surface area contributed by atoms with Gasteiger partial charge >= 0.3 is 0 Å². The average molecular weight is 247 g/mol. The van der Waals surface area contributed by atoms with Crippen LogP contribution in [0.1, 0.15) is 0 Å². The fraction of sp³-hybridized carbons (Fsp3) is 0. The zero-order valence-electron chi connectivity index (χ0n) is 7.86. The van der Waals surface area contributed by atoms with Gasteiger partial charge in [-0.05, 0) is 12.1 Å². The molecule has 0 saturated carbocycles. The van der Waals surface area contributed by atoms with E-state index >= 15 is 0 Å². The molecule has 2 aromatic rings. The van der Waals surface area contributed by atoms with Crippen molar-refractivity contribution in [3.63, 3.8) is 0 Å². The molecule has 0 aromatic carbocycles. The second-order valence-corrected chi connectivity index (χ2v) is 3.45. The molecular weight excluding hydrogens is 240 g/mol. The summed E-state index contributed by atoms with van der Waals surface area (Å²) in [4.78, 5) is 10.8. The van der Waals surface area contributed by atoms with Crippen LogP contribution in [0.5, 0.6) is 0 Å². The Morgan fingerprint density at radius 2 is 1.75 bits per heavy atom. The summed E-state index contributed by atoms with van der Waals surface area (Å²) in [6, 6.07) is 5.70. The van der Waals surface area contributed by atoms with Crippen LogP contribution in [0.3, 0.4) is 0 Å². The van der Waals surface area contributed by atoms with Crippen LogP contribution in [-0.4, -0.2) is 4.40 Å². The summed E-state index contributed by atoms with van der Waals surface area (Å²) in [5, 5.41) is 0. The lowest BCUT2D eigenvalue weighted by Crippen LogP contribution is -2.68. The Morgan fingerprint density at radius 3 is 2.38 bits per heavy atom. The zero-order chi connectivity index (χ0) is 12.2. The maximum absolute atomic E-state index is 10.8. The number of halogens is 1. The highest BCUT2D eigenvalue weighted by molar-refractivity contribution is 5.41. The number of fused-ring (bicyclic) bond motifs is 1. The molecule has 0 aliphatic carbocycles. The van der Waals surface area contributed by atoms with E-state index in [1.807, 2.05) is 28.8 Å². The number of hydrogen-bond acceptors (Lipinski definition) is 5. The first-order valence-corrected chi connectivity index (χ1v) is 5.20. The van der Waals surface area contributed by atoms with E-state index < -0.39 is 10.2 Å². The first-order valence-electron chi connectivity index (χ1n) is 3.97. The van der Waals surface area contributed by atoms with E-state index in [1.165, 1.54) is 12.4 Å². The average Bonchev–Trinajstić information content (AvgIpc) is 2.15. The number of nitrogens with zero attached hydrogens (tertiary/aromatic N) is 2. The number of aromatic nitrogens is 2. The monoisotopic (exact) mass is 246 g/mol. The summed E-state index contributed by atoms with van der Waals surface area (Å²) in [6.07, 6.45) is 6.62. The summed E-state index contributed by atoms with van der Waals surface area (Å²) in [7, 11) is -4.94. The highest BCUT2D eigenvalue weighted by Crippen LogP contribution is 1.96. The van der Waals surface area contributed by atoms with Crippen molar-refractivity contribution in [1.29, 1.82) is 0 Å². The molecular formula is C8H7ClN2O5. The second-order valence-electron chi connectivity index (χ2n) is 2.70. The van der Waals surface area contributed by atoms with Gasteiger partial charge in [0.2, 0.25) is 6.20 Å². The molecule has 7 nitrogen and oxygen atoms in total. The zero-order valence-corrected chi connectivity index (χ0v) is 8.61. The van der Waals surface area contributed by atoms with Crippen molar-refractivity contribution in [2.75, 3.05) is 0 Å². The largest absolute Gasteiger partial charge is 0.313 e. The lowest BCUT2D eigenvalue weighted by Gasteiger charge is -2.17. The normalized spacial score (nSPS) is 10.8. The van der Waals surface area contributed by atoms with Gasteiger partial charge in [-0.1, -0.05) is 6.07 Å². The minimum atomic E-state index is -4.94. The van der Waals surface area contributed by atoms with E-state index in [4.69, 9.17) is 18.6 Å². The van der Waals surface area contributed by atoms with Crippen molar-refractivity contribution >= 4 is 5.52 Å². The lowest BCUT2D eigenvalue weighted by molar-refractivity contribution is -2.00. The molecule has 0 bridgehead atoms. The van der Waals surface area contributed by atoms with E-state index in [1.54, 1.807) is 6.20 Å². The summed E-state index contributed by atoms with van der Waals surface area (Å²) in [5.74, 6) is 0. The molecule has 0 radical (unpaired) electrons. The van der Waals surface area contributed by atoms with Crippen LogP contribution in [0.4, 0.5) is 0 Å². The molecule has 2 rings (SSSR count). The van der Waals surface area contributed by atoms with Crippen LogP contribution in [0.15, 0.2) is 43.0 Å². The van der Waals surface area contributed by atoms with Gasteiger partial charge < -0.3 is 4.40 Å². The Hall–Kier alpha value is -1.51. The van der Waals surface area contributed by atoms with E-state index in [-0.39, 0.29) is 0 Å². The van der Waals surface area contributed by atoms with Crippen molar-refractivity contribution in [3.05, 3.63) is 47.9 Å². The molecule has 2 heterocycles. The molecule has 0 saturated heterocycles. The van der Waals surface area contributed by atoms with Gasteiger partial charge in [-0.25, -0.2) is 18.6 Å².